The molecule has 0 aliphatic heterocycles. The Bertz CT molecular complexity index is 371. The molecule has 0 heterocycles. The highest BCUT2D eigenvalue weighted by Crippen LogP contribution is 2.41. The maximum atomic E-state index is 5.27. The lowest BCUT2D eigenvalue weighted by Crippen LogP contribution is -2.41. The number of hydrogen-bond acceptors (Lipinski definition) is 2. The summed E-state index contributed by atoms with van der Waals surface area (Å²) < 4.78 is 5.27. The zero-order valence-corrected chi connectivity index (χ0v) is 12.5. The minimum atomic E-state index is 0.328. The normalized spacial score (nSPS) is 27.2. The van der Waals surface area contributed by atoms with E-state index < -0.39 is 0 Å². The molecule has 1 aromatic rings. The summed E-state index contributed by atoms with van der Waals surface area (Å²) in [5, 5.41) is 3.57. The zero-order chi connectivity index (χ0) is 13.7. The van der Waals surface area contributed by atoms with Crippen molar-refractivity contribution in [2.75, 3.05) is 20.2 Å². The van der Waals surface area contributed by atoms with Gasteiger partial charge in [0.15, 0.2) is 0 Å². The van der Waals surface area contributed by atoms with Crippen molar-refractivity contribution in [3.8, 4) is 5.75 Å². The summed E-state index contributed by atoms with van der Waals surface area (Å²) >= 11 is 0. The number of methoxy groups -OCH3 is 1. The first kappa shape index (κ1) is 14.4. The van der Waals surface area contributed by atoms with Crippen molar-refractivity contribution in [2.24, 2.45) is 5.92 Å². The monoisotopic (exact) mass is 261 g/mol. The summed E-state index contributed by atoms with van der Waals surface area (Å²) in [5.41, 5.74) is 1.80. The van der Waals surface area contributed by atoms with Crippen LogP contribution in [0.2, 0.25) is 0 Å². The molecule has 0 aromatic heterocycles. The summed E-state index contributed by atoms with van der Waals surface area (Å²) in [6.07, 6.45) is 5.29. The van der Waals surface area contributed by atoms with Crippen molar-refractivity contribution in [3.63, 3.8) is 0 Å². The van der Waals surface area contributed by atoms with Crippen LogP contribution in [0, 0.1) is 5.92 Å². The second-order valence-electron chi connectivity index (χ2n) is 5.97. The van der Waals surface area contributed by atoms with Crippen LogP contribution in [0.3, 0.4) is 0 Å². The third-order valence-corrected chi connectivity index (χ3v) is 4.65. The molecule has 0 bridgehead atoms. The maximum Gasteiger partial charge on any atom is 0.118 e. The molecule has 2 rings (SSSR count). The molecule has 1 N–H and O–H groups in total. The predicted octanol–water partition coefficient (Wildman–Crippen LogP) is 3.75. The van der Waals surface area contributed by atoms with Crippen LogP contribution in [0.1, 0.15) is 45.1 Å². The molecule has 0 atom stereocenters. The van der Waals surface area contributed by atoms with Gasteiger partial charge in [0, 0.05) is 12.0 Å². The van der Waals surface area contributed by atoms with Crippen LogP contribution >= 0.6 is 0 Å². The fourth-order valence-electron chi connectivity index (χ4n) is 3.19. The van der Waals surface area contributed by atoms with Gasteiger partial charge in [-0.2, -0.15) is 0 Å². The van der Waals surface area contributed by atoms with Crippen LogP contribution in [-0.4, -0.2) is 20.2 Å². The SMILES string of the molecule is CCNCC1(c2ccc(OC)cc2)CCC(C)CC1. The minimum Gasteiger partial charge on any atom is -0.497 e. The first-order chi connectivity index (χ1) is 9.20. The van der Waals surface area contributed by atoms with Crippen molar-refractivity contribution in [2.45, 2.75) is 44.9 Å². The smallest absolute Gasteiger partial charge is 0.118 e. The van der Waals surface area contributed by atoms with Crippen LogP contribution in [0.4, 0.5) is 0 Å². The van der Waals surface area contributed by atoms with Crippen LogP contribution in [0.5, 0.6) is 5.75 Å². The summed E-state index contributed by atoms with van der Waals surface area (Å²) in [7, 11) is 1.73. The number of ether oxygens (including phenoxy) is 1. The molecule has 2 heteroatoms. The quantitative estimate of drug-likeness (QED) is 0.871. The molecule has 106 valence electrons. The van der Waals surface area contributed by atoms with Gasteiger partial charge in [-0.15, -0.1) is 0 Å². The summed E-state index contributed by atoms with van der Waals surface area (Å²) in [4.78, 5) is 0. The Balaban J connectivity index is 2.20. The van der Waals surface area contributed by atoms with E-state index in [2.05, 4.69) is 43.4 Å². The summed E-state index contributed by atoms with van der Waals surface area (Å²) in [5.74, 6) is 1.83. The van der Waals surface area contributed by atoms with Crippen LogP contribution in [0.25, 0.3) is 0 Å². The van der Waals surface area contributed by atoms with E-state index in [-0.39, 0.29) is 0 Å². The van der Waals surface area contributed by atoms with Crippen LogP contribution < -0.4 is 10.1 Å². The third kappa shape index (κ3) is 3.30. The Morgan fingerprint density at radius 3 is 2.37 bits per heavy atom. The molecule has 1 aromatic carbocycles. The molecule has 2 nitrogen and oxygen atoms in total. The van der Waals surface area contributed by atoms with E-state index in [1.165, 1.54) is 31.2 Å². The van der Waals surface area contributed by atoms with Crippen molar-refractivity contribution >= 4 is 0 Å². The highest BCUT2D eigenvalue weighted by molar-refractivity contribution is 5.33. The van der Waals surface area contributed by atoms with Gasteiger partial charge in [0.1, 0.15) is 5.75 Å². The Hall–Kier alpha value is -1.02. The summed E-state index contributed by atoms with van der Waals surface area (Å²) in [6, 6.07) is 8.71. The van der Waals surface area contributed by atoms with Crippen LogP contribution in [0.15, 0.2) is 24.3 Å². The van der Waals surface area contributed by atoms with Crippen LogP contribution in [-0.2, 0) is 5.41 Å². The second kappa shape index (κ2) is 6.42. The highest BCUT2D eigenvalue weighted by atomic mass is 16.5. The van der Waals surface area contributed by atoms with E-state index in [9.17, 15) is 0 Å². The van der Waals surface area contributed by atoms with E-state index in [4.69, 9.17) is 4.74 Å². The molecule has 0 spiro atoms. The predicted molar refractivity (Wildman–Crippen MR) is 80.8 cm³/mol. The number of likely N-dealkylation sites (N-methyl/N-ethyl adjacent to an activating group) is 1. The van der Waals surface area contributed by atoms with E-state index in [0.717, 1.165) is 24.8 Å². The first-order valence-electron chi connectivity index (χ1n) is 7.55. The lowest BCUT2D eigenvalue weighted by Gasteiger charge is -2.40. The largest absolute Gasteiger partial charge is 0.497 e. The Morgan fingerprint density at radius 1 is 1.21 bits per heavy atom. The summed E-state index contributed by atoms with van der Waals surface area (Å²) in [6.45, 7) is 6.72. The lowest BCUT2D eigenvalue weighted by atomic mass is 9.67. The molecule has 0 radical (unpaired) electrons. The van der Waals surface area contributed by atoms with Gasteiger partial charge < -0.3 is 10.1 Å². The fraction of sp³-hybridized carbons (Fsp3) is 0.647. The number of hydrogen-bond donors (Lipinski definition) is 1. The fourth-order valence-corrected chi connectivity index (χ4v) is 3.19. The average molecular weight is 261 g/mol. The van der Waals surface area contributed by atoms with Gasteiger partial charge in [-0.25, -0.2) is 0 Å². The van der Waals surface area contributed by atoms with E-state index in [1.807, 2.05) is 0 Å². The second-order valence-corrected chi connectivity index (χ2v) is 5.97. The van der Waals surface area contributed by atoms with Crippen molar-refractivity contribution < 1.29 is 4.74 Å². The highest BCUT2D eigenvalue weighted by Gasteiger charge is 2.35. The van der Waals surface area contributed by atoms with Gasteiger partial charge in [-0.3, -0.25) is 0 Å². The van der Waals surface area contributed by atoms with Gasteiger partial charge in [0.2, 0.25) is 0 Å². The standard InChI is InChI=1S/C17H27NO/c1-4-18-13-17(11-9-14(2)10-12-17)15-5-7-16(19-3)8-6-15/h5-8,14,18H,4,9-13H2,1-3H3. The molecule has 19 heavy (non-hydrogen) atoms. The van der Waals surface area contributed by atoms with Crippen molar-refractivity contribution in [1.82, 2.24) is 5.32 Å². The van der Waals surface area contributed by atoms with E-state index in [1.54, 1.807) is 7.11 Å². The molecular weight excluding hydrogens is 234 g/mol. The number of rotatable bonds is 5. The molecule has 0 saturated heterocycles. The lowest BCUT2D eigenvalue weighted by molar-refractivity contribution is 0.234. The van der Waals surface area contributed by atoms with E-state index >= 15 is 0 Å². The molecule has 0 amide bonds. The third-order valence-electron chi connectivity index (χ3n) is 4.65. The van der Waals surface area contributed by atoms with Crippen molar-refractivity contribution in [1.29, 1.82) is 0 Å². The average Bonchev–Trinajstić information content (AvgIpc) is 2.47. The molecular formula is C17H27NO. The Morgan fingerprint density at radius 2 is 1.84 bits per heavy atom. The van der Waals surface area contributed by atoms with Gasteiger partial charge in [-0.05, 0) is 55.8 Å². The molecule has 1 fully saturated rings. The topological polar surface area (TPSA) is 21.3 Å². The number of nitrogens with one attached hydrogen (secondary N) is 1. The van der Waals surface area contributed by atoms with E-state index in [0.29, 0.717) is 5.41 Å². The molecule has 0 unspecified atom stereocenters. The van der Waals surface area contributed by atoms with Gasteiger partial charge in [-0.1, -0.05) is 26.0 Å². The first-order valence-corrected chi connectivity index (χ1v) is 7.55. The zero-order valence-electron chi connectivity index (χ0n) is 12.5. The van der Waals surface area contributed by atoms with Gasteiger partial charge in [0.25, 0.3) is 0 Å². The molecule has 1 aliphatic rings. The van der Waals surface area contributed by atoms with Crippen molar-refractivity contribution in [3.05, 3.63) is 29.8 Å². The Labute approximate surface area is 117 Å². The minimum absolute atomic E-state index is 0.328. The molecule has 1 saturated carbocycles. The number of benzene rings is 1. The molecule has 1 aliphatic carbocycles. The Kier molecular flexibility index (Phi) is 4.87. The van der Waals surface area contributed by atoms with Gasteiger partial charge >= 0.3 is 0 Å². The van der Waals surface area contributed by atoms with Gasteiger partial charge in [0.05, 0.1) is 7.11 Å². The maximum absolute atomic E-state index is 5.27.